The van der Waals surface area contributed by atoms with Gasteiger partial charge in [0.15, 0.2) is 0 Å². The SMILES string of the molecule is CC1(C)Cc2c(ccc3ccccc23)C(Sc2ccc(NC=O)cc2)=N1. The lowest BCUT2D eigenvalue weighted by molar-refractivity contribution is -0.105. The minimum absolute atomic E-state index is 0.127. The molecule has 26 heavy (non-hydrogen) atoms. The van der Waals surface area contributed by atoms with Gasteiger partial charge in [-0.3, -0.25) is 9.79 Å². The number of hydrogen-bond acceptors (Lipinski definition) is 3. The molecule has 0 atom stereocenters. The van der Waals surface area contributed by atoms with E-state index in [0.717, 1.165) is 22.0 Å². The van der Waals surface area contributed by atoms with E-state index in [1.165, 1.54) is 21.9 Å². The van der Waals surface area contributed by atoms with E-state index in [9.17, 15) is 4.79 Å². The maximum absolute atomic E-state index is 10.6. The predicted molar refractivity (Wildman–Crippen MR) is 110 cm³/mol. The van der Waals surface area contributed by atoms with E-state index >= 15 is 0 Å². The van der Waals surface area contributed by atoms with Crippen LogP contribution in [0.4, 0.5) is 5.69 Å². The largest absolute Gasteiger partial charge is 0.329 e. The van der Waals surface area contributed by atoms with Crippen LogP contribution in [0.1, 0.15) is 25.0 Å². The summed E-state index contributed by atoms with van der Waals surface area (Å²) in [6.07, 6.45) is 1.63. The molecule has 0 aliphatic carbocycles. The molecule has 1 N–H and O–H groups in total. The Morgan fingerprint density at radius 1 is 1.04 bits per heavy atom. The molecule has 130 valence electrons. The average Bonchev–Trinajstić information content (AvgIpc) is 2.63. The molecule has 0 aromatic heterocycles. The minimum Gasteiger partial charge on any atom is -0.329 e. The second kappa shape index (κ2) is 6.61. The van der Waals surface area contributed by atoms with E-state index < -0.39 is 0 Å². The first-order valence-electron chi connectivity index (χ1n) is 8.65. The first-order valence-corrected chi connectivity index (χ1v) is 9.46. The van der Waals surface area contributed by atoms with Gasteiger partial charge in [-0.1, -0.05) is 48.2 Å². The van der Waals surface area contributed by atoms with E-state index in [1.54, 1.807) is 11.8 Å². The molecule has 1 aliphatic rings. The number of anilines is 1. The van der Waals surface area contributed by atoms with Gasteiger partial charge in [-0.25, -0.2) is 0 Å². The van der Waals surface area contributed by atoms with Crippen molar-refractivity contribution in [3.63, 3.8) is 0 Å². The summed E-state index contributed by atoms with van der Waals surface area (Å²) < 4.78 is 0. The van der Waals surface area contributed by atoms with Crippen molar-refractivity contribution in [2.75, 3.05) is 5.32 Å². The number of carbonyl (C=O) groups is 1. The van der Waals surface area contributed by atoms with Gasteiger partial charge < -0.3 is 5.32 Å². The fourth-order valence-corrected chi connectivity index (χ4v) is 4.50. The third kappa shape index (κ3) is 3.25. The summed E-state index contributed by atoms with van der Waals surface area (Å²) in [5.41, 5.74) is 3.27. The normalized spacial score (nSPS) is 15.2. The number of thioether (sulfide) groups is 1. The Bertz CT molecular complexity index is 1010. The van der Waals surface area contributed by atoms with Crippen molar-refractivity contribution >= 4 is 39.7 Å². The molecule has 0 unspecified atom stereocenters. The summed E-state index contributed by atoms with van der Waals surface area (Å²) >= 11 is 1.68. The van der Waals surface area contributed by atoms with Gasteiger partial charge in [-0.15, -0.1) is 0 Å². The zero-order valence-electron chi connectivity index (χ0n) is 14.8. The number of carbonyl (C=O) groups excluding carboxylic acids is 1. The van der Waals surface area contributed by atoms with Crippen LogP contribution in [-0.4, -0.2) is 17.0 Å². The van der Waals surface area contributed by atoms with Gasteiger partial charge in [0.05, 0.1) is 5.54 Å². The zero-order valence-corrected chi connectivity index (χ0v) is 15.6. The van der Waals surface area contributed by atoms with Crippen molar-refractivity contribution in [2.45, 2.75) is 30.7 Å². The van der Waals surface area contributed by atoms with Gasteiger partial charge in [0.25, 0.3) is 0 Å². The Balaban J connectivity index is 1.75. The van der Waals surface area contributed by atoms with Crippen LogP contribution in [0.25, 0.3) is 10.8 Å². The number of rotatable bonds is 3. The van der Waals surface area contributed by atoms with Crippen LogP contribution in [-0.2, 0) is 11.2 Å². The summed E-state index contributed by atoms with van der Waals surface area (Å²) in [6, 6.07) is 20.8. The molecule has 1 heterocycles. The quantitative estimate of drug-likeness (QED) is 0.646. The van der Waals surface area contributed by atoms with Crippen LogP contribution >= 0.6 is 11.8 Å². The van der Waals surface area contributed by atoms with Crippen LogP contribution < -0.4 is 5.32 Å². The Morgan fingerprint density at radius 2 is 1.81 bits per heavy atom. The van der Waals surface area contributed by atoms with E-state index in [2.05, 4.69) is 55.6 Å². The van der Waals surface area contributed by atoms with E-state index in [0.29, 0.717) is 6.41 Å². The Morgan fingerprint density at radius 3 is 2.58 bits per heavy atom. The highest BCUT2D eigenvalue weighted by molar-refractivity contribution is 8.14. The van der Waals surface area contributed by atoms with Gasteiger partial charge in [0.1, 0.15) is 5.04 Å². The highest BCUT2D eigenvalue weighted by Gasteiger charge is 2.28. The number of amides is 1. The van der Waals surface area contributed by atoms with Gasteiger partial charge in [-0.05, 0) is 60.9 Å². The molecule has 0 saturated carbocycles. The highest BCUT2D eigenvalue weighted by Crippen LogP contribution is 2.37. The summed E-state index contributed by atoms with van der Waals surface area (Å²) in [5, 5.41) is 6.31. The lowest BCUT2D eigenvalue weighted by Gasteiger charge is -2.29. The molecule has 3 nitrogen and oxygen atoms in total. The minimum atomic E-state index is -0.127. The van der Waals surface area contributed by atoms with Crippen molar-refractivity contribution in [2.24, 2.45) is 4.99 Å². The van der Waals surface area contributed by atoms with Crippen LogP contribution in [0.3, 0.4) is 0 Å². The first kappa shape index (κ1) is 16.9. The highest BCUT2D eigenvalue weighted by atomic mass is 32.2. The smallest absolute Gasteiger partial charge is 0.211 e. The van der Waals surface area contributed by atoms with Gasteiger partial charge in [0, 0.05) is 16.1 Å². The summed E-state index contributed by atoms with van der Waals surface area (Å²) in [6.45, 7) is 4.38. The molecule has 0 spiro atoms. The number of aliphatic imine (C=N–C) groups is 1. The van der Waals surface area contributed by atoms with Crippen LogP contribution in [0.15, 0.2) is 70.6 Å². The molecule has 0 radical (unpaired) electrons. The monoisotopic (exact) mass is 360 g/mol. The number of hydrogen-bond donors (Lipinski definition) is 1. The Labute approximate surface area is 157 Å². The van der Waals surface area contributed by atoms with E-state index in [-0.39, 0.29) is 5.54 Å². The lowest BCUT2D eigenvalue weighted by atomic mass is 9.86. The predicted octanol–water partition coefficient (Wildman–Crippen LogP) is 5.28. The van der Waals surface area contributed by atoms with E-state index in [4.69, 9.17) is 4.99 Å². The lowest BCUT2D eigenvalue weighted by Crippen LogP contribution is -2.28. The number of nitrogens with one attached hydrogen (secondary N) is 1. The molecule has 1 aliphatic heterocycles. The zero-order chi connectivity index (χ0) is 18.1. The van der Waals surface area contributed by atoms with Gasteiger partial charge >= 0.3 is 0 Å². The first-order chi connectivity index (χ1) is 12.6. The van der Waals surface area contributed by atoms with Crippen molar-refractivity contribution in [1.82, 2.24) is 0 Å². The van der Waals surface area contributed by atoms with Crippen molar-refractivity contribution in [3.05, 3.63) is 71.8 Å². The third-order valence-corrected chi connectivity index (χ3v) is 5.59. The van der Waals surface area contributed by atoms with Gasteiger partial charge in [-0.2, -0.15) is 0 Å². The van der Waals surface area contributed by atoms with Gasteiger partial charge in [0.2, 0.25) is 6.41 Å². The summed E-state index contributed by atoms with van der Waals surface area (Å²) in [5.74, 6) is 0. The molecular weight excluding hydrogens is 340 g/mol. The van der Waals surface area contributed by atoms with Crippen molar-refractivity contribution in [3.8, 4) is 0 Å². The van der Waals surface area contributed by atoms with Crippen molar-refractivity contribution < 1.29 is 4.79 Å². The maximum Gasteiger partial charge on any atom is 0.211 e. The third-order valence-electron chi connectivity index (χ3n) is 4.58. The standard InChI is InChI=1S/C22H20N2OS/c1-22(2)13-20-18-6-4-3-5-15(18)7-12-19(20)21(24-22)26-17-10-8-16(9-11-17)23-14-25/h3-12,14H,13H2,1-2H3,(H,23,25). The van der Waals surface area contributed by atoms with Crippen molar-refractivity contribution in [1.29, 1.82) is 0 Å². The fourth-order valence-electron chi connectivity index (χ4n) is 3.41. The fraction of sp³-hybridized carbons (Fsp3) is 0.182. The van der Waals surface area contributed by atoms with Crippen LogP contribution in [0.5, 0.6) is 0 Å². The molecule has 0 saturated heterocycles. The molecule has 3 aromatic rings. The summed E-state index contributed by atoms with van der Waals surface area (Å²) in [7, 11) is 0. The Kier molecular flexibility index (Phi) is 4.29. The average molecular weight is 360 g/mol. The number of benzene rings is 3. The van der Waals surface area contributed by atoms with Crippen LogP contribution in [0.2, 0.25) is 0 Å². The number of nitrogens with zero attached hydrogens (tertiary/aromatic N) is 1. The van der Waals surface area contributed by atoms with E-state index in [1.807, 2.05) is 24.3 Å². The molecule has 4 rings (SSSR count). The molecule has 0 fully saturated rings. The number of fused-ring (bicyclic) bond motifs is 3. The molecule has 1 amide bonds. The van der Waals surface area contributed by atoms with Crippen LogP contribution in [0, 0.1) is 0 Å². The Hall–Kier alpha value is -2.59. The second-order valence-electron chi connectivity index (χ2n) is 7.11. The summed E-state index contributed by atoms with van der Waals surface area (Å²) in [4.78, 5) is 16.7. The second-order valence-corrected chi connectivity index (χ2v) is 8.17. The maximum atomic E-state index is 10.6. The molecular formula is C22H20N2OS. The molecule has 0 bridgehead atoms. The molecule has 4 heteroatoms. The molecule has 3 aromatic carbocycles. The topological polar surface area (TPSA) is 41.5 Å².